The Morgan fingerprint density at radius 1 is 1.28 bits per heavy atom. The lowest BCUT2D eigenvalue weighted by atomic mass is 10.2. The molecule has 0 aromatic heterocycles. The summed E-state index contributed by atoms with van der Waals surface area (Å²) in [5.74, 6) is -1.87. The lowest BCUT2D eigenvalue weighted by Crippen LogP contribution is -2.38. The predicted molar refractivity (Wildman–Crippen MR) is 53.2 cm³/mol. The Bertz CT molecular complexity index is 394. The van der Waals surface area contributed by atoms with Crippen LogP contribution in [0.3, 0.4) is 0 Å². The Hall–Kier alpha value is -0.870. The van der Waals surface area contributed by atoms with Crippen LogP contribution in [0.2, 0.25) is 0 Å². The first-order valence-electron chi connectivity index (χ1n) is 4.62. The quantitative estimate of drug-likeness (QED) is 0.603. The number of ether oxygens (including phenoxy) is 1. The molecule has 0 unspecified atom stereocenters. The zero-order valence-electron chi connectivity index (χ0n) is 9.82. The number of halogens is 3. The van der Waals surface area contributed by atoms with E-state index in [1.165, 1.54) is 20.8 Å². The highest BCUT2D eigenvalue weighted by molar-refractivity contribution is 7.87. The number of rotatable bonds is 5. The molecule has 0 rings (SSSR count). The van der Waals surface area contributed by atoms with Crippen molar-refractivity contribution in [2.75, 3.05) is 6.61 Å². The van der Waals surface area contributed by atoms with E-state index in [2.05, 4.69) is 4.18 Å². The molecule has 0 saturated carbocycles. The summed E-state index contributed by atoms with van der Waals surface area (Å²) in [6, 6.07) is 0. The van der Waals surface area contributed by atoms with Gasteiger partial charge in [0.25, 0.3) is 0 Å². The molecule has 0 aromatic rings. The molecule has 0 saturated heterocycles. The van der Waals surface area contributed by atoms with Crippen LogP contribution in [0.1, 0.15) is 20.8 Å². The van der Waals surface area contributed by atoms with E-state index in [1.807, 2.05) is 0 Å². The van der Waals surface area contributed by atoms with E-state index in [0.29, 0.717) is 0 Å². The highest BCUT2D eigenvalue weighted by Crippen LogP contribution is 2.26. The Morgan fingerprint density at radius 3 is 2.00 bits per heavy atom. The Kier molecular flexibility index (Phi) is 5.15. The number of aliphatic carboxylic acids is 1. The van der Waals surface area contributed by atoms with Crippen molar-refractivity contribution in [3.05, 3.63) is 0 Å². The van der Waals surface area contributed by atoms with Gasteiger partial charge in [0.15, 0.2) is 6.10 Å². The van der Waals surface area contributed by atoms with Gasteiger partial charge in [-0.3, -0.25) is 0 Å². The van der Waals surface area contributed by atoms with Crippen molar-refractivity contribution in [1.82, 2.24) is 0 Å². The SMILES string of the molecule is CC(C)(C)OC[C@@H](OS(=O)(=O)C(F)(F)F)C(=O)O. The molecule has 0 aliphatic carbocycles. The molecular weight excluding hydrogens is 281 g/mol. The van der Waals surface area contributed by atoms with Gasteiger partial charge >= 0.3 is 21.6 Å². The summed E-state index contributed by atoms with van der Waals surface area (Å²) >= 11 is 0. The van der Waals surface area contributed by atoms with Gasteiger partial charge in [0.2, 0.25) is 0 Å². The van der Waals surface area contributed by atoms with E-state index in [9.17, 15) is 26.4 Å². The van der Waals surface area contributed by atoms with Gasteiger partial charge in [-0.15, -0.1) is 0 Å². The molecule has 0 amide bonds. The lowest BCUT2D eigenvalue weighted by molar-refractivity contribution is -0.151. The van der Waals surface area contributed by atoms with Gasteiger partial charge in [-0.2, -0.15) is 21.6 Å². The van der Waals surface area contributed by atoms with Crippen LogP contribution < -0.4 is 0 Å². The van der Waals surface area contributed by atoms with Gasteiger partial charge in [-0.1, -0.05) is 0 Å². The second-order valence-electron chi connectivity index (χ2n) is 4.25. The number of alkyl halides is 3. The fraction of sp³-hybridized carbons (Fsp3) is 0.875. The van der Waals surface area contributed by atoms with E-state index in [0.717, 1.165) is 0 Å². The van der Waals surface area contributed by atoms with E-state index in [-0.39, 0.29) is 0 Å². The normalized spacial score (nSPS) is 15.4. The maximum Gasteiger partial charge on any atom is 0.523 e. The maximum absolute atomic E-state index is 12.0. The molecule has 0 heterocycles. The first-order chi connectivity index (χ1) is 7.76. The average Bonchev–Trinajstić information content (AvgIpc) is 2.08. The summed E-state index contributed by atoms with van der Waals surface area (Å²) in [4.78, 5) is 10.6. The van der Waals surface area contributed by atoms with Crippen molar-refractivity contribution in [3.8, 4) is 0 Å². The number of hydrogen-bond donors (Lipinski definition) is 1. The van der Waals surface area contributed by atoms with Crippen molar-refractivity contribution in [2.24, 2.45) is 0 Å². The number of carbonyl (C=O) groups is 1. The highest BCUT2D eigenvalue weighted by atomic mass is 32.2. The summed E-state index contributed by atoms with van der Waals surface area (Å²) in [6.07, 6.45) is -2.25. The molecule has 1 atom stereocenters. The smallest absolute Gasteiger partial charge is 0.479 e. The van der Waals surface area contributed by atoms with E-state index in [1.54, 1.807) is 0 Å². The highest BCUT2D eigenvalue weighted by Gasteiger charge is 2.49. The summed E-state index contributed by atoms with van der Waals surface area (Å²) < 4.78 is 65.7. The van der Waals surface area contributed by atoms with Crippen LogP contribution in [-0.2, 0) is 23.8 Å². The molecule has 1 N–H and O–H groups in total. The van der Waals surface area contributed by atoms with Crippen LogP contribution in [0.25, 0.3) is 0 Å². The van der Waals surface area contributed by atoms with Crippen molar-refractivity contribution >= 4 is 16.1 Å². The van der Waals surface area contributed by atoms with E-state index < -0.39 is 39.9 Å². The van der Waals surface area contributed by atoms with Crippen molar-refractivity contribution in [1.29, 1.82) is 0 Å². The Balaban J connectivity index is 4.82. The molecule has 0 aliphatic heterocycles. The minimum Gasteiger partial charge on any atom is -0.479 e. The summed E-state index contributed by atoms with van der Waals surface area (Å²) in [7, 11) is -5.97. The van der Waals surface area contributed by atoms with Gasteiger partial charge in [0.1, 0.15) is 0 Å². The van der Waals surface area contributed by atoms with Crippen LogP contribution in [0.4, 0.5) is 13.2 Å². The van der Waals surface area contributed by atoms with Crippen LogP contribution in [0.5, 0.6) is 0 Å². The second-order valence-corrected chi connectivity index (χ2v) is 5.81. The lowest BCUT2D eigenvalue weighted by Gasteiger charge is -2.22. The van der Waals surface area contributed by atoms with Gasteiger partial charge < -0.3 is 9.84 Å². The standard InChI is InChI=1S/C8H13F3O6S/c1-7(2,3)16-4-5(6(12)13)17-18(14,15)8(9,10)11/h5H,4H2,1-3H3,(H,12,13)/t5-/m1/s1. The van der Waals surface area contributed by atoms with Crippen LogP contribution in [0.15, 0.2) is 0 Å². The summed E-state index contributed by atoms with van der Waals surface area (Å²) in [6.45, 7) is 3.73. The second kappa shape index (κ2) is 5.41. The van der Waals surface area contributed by atoms with E-state index >= 15 is 0 Å². The molecule has 10 heteroatoms. The fourth-order valence-corrected chi connectivity index (χ4v) is 1.23. The maximum atomic E-state index is 12.0. The van der Waals surface area contributed by atoms with Gasteiger partial charge in [0, 0.05) is 0 Å². The van der Waals surface area contributed by atoms with Gasteiger partial charge in [-0.25, -0.2) is 8.98 Å². The molecule has 0 bridgehead atoms. The molecule has 0 spiro atoms. The third kappa shape index (κ3) is 5.65. The van der Waals surface area contributed by atoms with Crippen molar-refractivity contribution in [2.45, 2.75) is 38.0 Å². The van der Waals surface area contributed by atoms with Crippen LogP contribution >= 0.6 is 0 Å². The van der Waals surface area contributed by atoms with Crippen molar-refractivity contribution < 1.29 is 40.4 Å². The molecule has 0 fully saturated rings. The predicted octanol–water partition coefficient (Wildman–Crippen LogP) is 1.12. The Morgan fingerprint density at radius 2 is 1.72 bits per heavy atom. The zero-order chi connectivity index (χ0) is 14.8. The molecule has 6 nitrogen and oxygen atoms in total. The van der Waals surface area contributed by atoms with Crippen LogP contribution in [-0.4, -0.2) is 43.3 Å². The first kappa shape index (κ1) is 17.1. The Labute approximate surface area is 102 Å². The van der Waals surface area contributed by atoms with Crippen LogP contribution in [0, 0.1) is 0 Å². The largest absolute Gasteiger partial charge is 0.523 e. The van der Waals surface area contributed by atoms with Gasteiger partial charge in [-0.05, 0) is 20.8 Å². The number of carboxylic acid groups (broad SMARTS) is 1. The van der Waals surface area contributed by atoms with E-state index in [4.69, 9.17) is 9.84 Å². The number of hydrogen-bond acceptors (Lipinski definition) is 5. The minimum absolute atomic E-state index is 0.825. The summed E-state index contributed by atoms with van der Waals surface area (Å²) in [5.41, 5.74) is -6.53. The molecule has 0 aliphatic rings. The molecule has 0 aromatic carbocycles. The minimum atomic E-state index is -5.97. The third-order valence-electron chi connectivity index (χ3n) is 1.47. The van der Waals surface area contributed by atoms with Crippen molar-refractivity contribution in [3.63, 3.8) is 0 Å². The molecular formula is C8H13F3O6S. The molecule has 108 valence electrons. The average molecular weight is 294 g/mol. The number of carboxylic acids is 1. The van der Waals surface area contributed by atoms with Gasteiger partial charge in [0.05, 0.1) is 12.2 Å². The fourth-order valence-electron chi connectivity index (χ4n) is 0.673. The third-order valence-corrected chi connectivity index (χ3v) is 2.52. The molecule has 18 heavy (non-hydrogen) atoms. The topological polar surface area (TPSA) is 89.9 Å². The summed E-state index contributed by atoms with van der Waals surface area (Å²) in [5, 5.41) is 8.56. The zero-order valence-corrected chi connectivity index (χ0v) is 10.6. The monoisotopic (exact) mass is 294 g/mol. The molecule has 0 radical (unpaired) electrons. The first-order valence-corrected chi connectivity index (χ1v) is 6.03.